The van der Waals surface area contributed by atoms with E-state index in [0.29, 0.717) is 4.47 Å². The molecule has 1 aromatic rings. The van der Waals surface area contributed by atoms with E-state index in [4.69, 9.17) is 14.6 Å². The number of rotatable bonds is 4. The van der Waals surface area contributed by atoms with Gasteiger partial charge < -0.3 is 19.5 Å². The van der Waals surface area contributed by atoms with E-state index >= 15 is 0 Å². The van der Waals surface area contributed by atoms with Crippen LogP contribution in [0.2, 0.25) is 0 Å². The van der Waals surface area contributed by atoms with Gasteiger partial charge >= 0.3 is 5.97 Å². The van der Waals surface area contributed by atoms with Crippen LogP contribution in [0, 0.1) is 5.82 Å². The standard InChI is InChI=1S/C13H13BrFNO5/c14-8-1-2-11(9(15)5-8)21-7-12(17)16-3-4-20-6-10(16)13(18)19/h1-2,5,10H,3-4,6-7H2,(H,18,19)/t10-/m0/s1. The van der Waals surface area contributed by atoms with Crippen LogP contribution in [0.1, 0.15) is 0 Å². The summed E-state index contributed by atoms with van der Waals surface area (Å²) in [6.07, 6.45) is 0. The molecule has 0 spiro atoms. The number of hydrogen-bond donors (Lipinski definition) is 1. The molecule has 6 nitrogen and oxygen atoms in total. The van der Waals surface area contributed by atoms with Crippen molar-refractivity contribution in [2.24, 2.45) is 0 Å². The van der Waals surface area contributed by atoms with E-state index in [1.807, 2.05) is 0 Å². The number of benzene rings is 1. The van der Waals surface area contributed by atoms with Crippen LogP contribution in [-0.2, 0) is 14.3 Å². The molecule has 0 aromatic heterocycles. The third kappa shape index (κ3) is 3.92. The van der Waals surface area contributed by atoms with Crippen LogP contribution in [0.5, 0.6) is 5.75 Å². The summed E-state index contributed by atoms with van der Waals surface area (Å²) in [6.45, 7) is -0.0554. The molecular weight excluding hydrogens is 349 g/mol. The number of morpholine rings is 1. The number of carboxylic acids is 1. The van der Waals surface area contributed by atoms with Crippen molar-refractivity contribution in [3.05, 3.63) is 28.5 Å². The van der Waals surface area contributed by atoms with Gasteiger partial charge in [0.05, 0.1) is 13.2 Å². The van der Waals surface area contributed by atoms with Crippen molar-refractivity contribution in [1.82, 2.24) is 4.90 Å². The highest BCUT2D eigenvalue weighted by Gasteiger charge is 2.32. The summed E-state index contributed by atoms with van der Waals surface area (Å²) in [4.78, 5) is 24.2. The highest BCUT2D eigenvalue weighted by molar-refractivity contribution is 9.10. The largest absolute Gasteiger partial charge is 0.481 e. The molecule has 114 valence electrons. The number of hydrogen-bond acceptors (Lipinski definition) is 4. The molecule has 0 saturated carbocycles. The Morgan fingerprint density at radius 2 is 2.29 bits per heavy atom. The van der Waals surface area contributed by atoms with Gasteiger partial charge in [-0.2, -0.15) is 0 Å². The van der Waals surface area contributed by atoms with Gasteiger partial charge in [-0.3, -0.25) is 4.79 Å². The number of carbonyl (C=O) groups is 2. The van der Waals surface area contributed by atoms with Crippen molar-refractivity contribution in [3.8, 4) is 5.75 Å². The molecule has 0 radical (unpaired) electrons. The average molecular weight is 362 g/mol. The maximum absolute atomic E-state index is 13.6. The van der Waals surface area contributed by atoms with E-state index in [9.17, 15) is 14.0 Å². The Kier molecular flexibility index (Phi) is 5.13. The van der Waals surface area contributed by atoms with Crippen LogP contribution < -0.4 is 4.74 Å². The fourth-order valence-corrected chi connectivity index (χ4v) is 2.25. The predicted octanol–water partition coefficient (Wildman–Crippen LogP) is 1.28. The second kappa shape index (κ2) is 6.86. The fourth-order valence-electron chi connectivity index (χ4n) is 1.92. The molecule has 1 fully saturated rings. The van der Waals surface area contributed by atoms with Gasteiger partial charge in [-0.15, -0.1) is 0 Å². The number of carboxylic acid groups (broad SMARTS) is 1. The SMILES string of the molecule is O=C(O)[C@@H]1COCCN1C(=O)COc1ccc(Br)cc1F. The van der Waals surface area contributed by atoms with Crippen LogP contribution in [0.3, 0.4) is 0 Å². The molecule has 21 heavy (non-hydrogen) atoms. The van der Waals surface area contributed by atoms with Crippen LogP contribution in [0.25, 0.3) is 0 Å². The zero-order chi connectivity index (χ0) is 15.4. The van der Waals surface area contributed by atoms with Crippen molar-refractivity contribution >= 4 is 27.8 Å². The van der Waals surface area contributed by atoms with E-state index in [1.165, 1.54) is 17.0 Å². The summed E-state index contributed by atoms with van der Waals surface area (Å²) in [6, 6.07) is 3.15. The summed E-state index contributed by atoms with van der Waals surface area (Å²) in [7, 11) is 0. The molecule has 1 heterocycles. The Balaban J connectivity index is 1.98. The Labute approximate surface area is 128 Å². The maximum Gasteiger partial charge on any atom is 0.328 e. The van der Waals surface area contributed by atoms with Crippen LogP contribution in [0.15, 0.2) is 22.7 Å². The van der Waals surface area contributed by atoms with Crippen LogP contribution in [0.4, 0.5) is 4.39 Å². The topological polar surface area (TPSA) is 76.1 Å². The first-order chi connectivity index (χ1) is 9.99. The number of halogens is 2. The lowest BCUT2D eigenvalue weighted by Gasteiger charge is -2.32. The minimum Gasteiger partial charge on any atom is -0.481 e. The Bertz CT molecular complexity index is 553. The molecule has 2 rings (SSSR count). The normalized spacial score (nSPS) is 18.4. The molecule has 0 unspecified atom stereocenters. The lowest BCUT2D eigenvalue weighted by Crippen LogP contribution is -2.53. The first-order valence-corrected chi connectivity index (χ1v) is 6.96. The molecule has 1 aliphatic heterocycles. The van der Waals surface area contributed by atoms with Gasteiger partial charge in [0.2, 0.25) is 0 Å². The molecule has 1 amide bonds. The number of aliphatic carboxylic acids is 1. The fraction of sp³-hybridized carbons (Fsp3) is 0.385. The zero-order valence-electron chi connectivity index (χ0n) is 10.9. The minimum atomic E-state index is -1.14. The Morgan fingerprint density at radius 1 is 1.52 bits per heavy atom. The maximum atomic E-state index is 13.6. The van der Waals surface area contributed by atoms with E-state index in [0.717, 1.165) is 0 Å². The quantitative estimate of drug-likeness (QED) is 0.874. The molecule has 1 atom stereocenters. The molecule has 0 bridgehead atoms. The Morgan fingerprint density at radius 3 is 2.95 bits per heavy atom. The number of ether oxygens (including phenoxy) is 2. The number of amides is 1. The second-order valence-corrected chi connectivity index (χ2v) is 5.30. The second-order valence-electron chi connectivity index (χ2n) is 4.38. The van der Waals surface area contributed by atoms with Gasteiger partial charge in [0.1, 0.15) is 0 Å². The summed E-state index contributed by atoms with van der Waals surface area (Å²) >= 11 is 3.11. The van der Waals surface area contributed by atoms with E-state index in [2.05, 4.69) is 15.9 Å². The Hall–Kier alpha value is -1.67. The first-order valence-electron chi connectivity index (χ1n) is 6.17. The highest BCUT2D eigenvalue weighted by atomic mass is 79.9. The van der Waals surface area contributed by atoms with E-state index < -0.39 is 30.3 Å². The first kappa shape index (κ1) is 15.7. The van der Waals surface area contributed by atoms with Gasteiger partial charge in [-0.05, 0) is 18.2 Å². The minimum absolute atomic E-state index is 0.0618. The van der Waals surface area contributed by atoms with Gasteiger partial charge in [-0.25, -0.2) is 9.18 Å². The molecule has 1 saturated heterocycles. The van der Waals surface area contributed by atoms with Crippen molar-refractivity contribution in [2.45, 2.75) is 6.04 Å². The average Bonchev–Trinajstić information content (AvgIpc) is 2.46. The molecule has 1 aromatic carbocycles. The summed E-state index contributed by atoms with van der Waals surface area (Å²) < 4.78 is 24.3. The predicted molar refractivity (Wildman–Crippen MR) is 73.6 cm³/mol. The van der Waals surface area contributed by atoms with Crippen molar-refractivity contribution in [3.63, 3.8) is 0 Å². The molecule has 0 aliphatic carbocycles. The lowest BCUT2D eigenvalue weighted by molar-refractivity contribution is -0.159. The van der Waals surface area contributed by atoms with Crippen LogP contribution in [-0.4, -0.2) is 54.3 Å². The van der Waals surface area contributed by atoms with E-state index in [-0.39, 0.29) is 25.5 Å². The van der Waals surface area contributed by atoms with Gasteiger partial charge in [0.15, 0.2) is 24.2 Å². The zero-order valence-corrected chi connectivity index (χ0v) is 12.5. The van der Waals surface area contributed by atoms with Crippen molar-refractivity contribution in [2.75, 3.05) is 26.4 Å². The molecule has 1 aliphatic rings. The van der Waals surface area contributed by atoms with Gasteiger partial charge in [0.25, 0.3) is 5.91 Å². The van der Waals surface area contributed by atoms with Crippen LogP contribution >= 0.6 is 15.9 Å². The van der Waals surface area contributed by atoms with E-state index in [1.54, 1.807) is 6.07 Å². The third-order valence-corrected chi connectivity index (χ3v) is 3.47. The summed E-state index contributed by atoms with van der Waals surface area (Å²) in [5, 5.41) is 9.04. The van der Waals surface area contributed by atoms with Crippen molar-refractivity contribution in [1.29, 1.82) is 0 Å². The third-order valence-electron chi connectivity index (χ3n) is 2.98. The van der Waals surface area contributed by atoms with Gasteiger partial charge in [0, 0.05) is 11.0 Å². The number of nitrogens with zero attached hydrogens (tertiary/aromatic N) is 1. The highest BCUT2D eigenvalue weighted by Crippen LogP contribution is 2.21. The smallest absolute Gasteiger partial charge is 0.328 e. The molecular formula is C13H13BrFNO5. The lowest BCUT2D eigenvalue weighted by atomic mass is 10.2. The van der Waals surface area contributed by atoms with Gasteiger partial charge in [-0.1, -0.05) is 15.9 Å². The van der Waals surface area contributed by atoms with Crippen molar-refractivity contribution < 1.29 is 28.6 Å². The monoisotopic (exact) mass is 361 g/mol. The number of carbonyl (C=O) groups excluding carboxylic acids is 1. The molecule has 8 heteroatoms. The molecule has 1 N–H and O–H groups in total. The summed E-state index contributed by atoms with van der Waals surface area (Å²) in [5.41, 5.74) is 0. The summed E-state index contributed by atoms with van der Waals surface area (Å²) in [5.74, 6) is -2.33.